The van der Waals surface area contributed by atoms with E-state index < -0.39 is 6.61 Å². The number of morpholine rings is 1. The molecule has 150 valence electrons. The molecule has 3 rings (SSSR count). The maximum absolute atomic E-state index is 12.5. The summed E-state index contributed by atoms with van der Waals surface area (Å²) < 4.78 is 34.9. The number of alkyl halides is 2. The largest absolute Gasteiger partial charge is 0.434 e. The van der Waals surface area contributed by atoms with E-state index in [2.05, 4.69) is 21.0 Å². The second-order valence-corrected chi connectivity index (χ2v) is 7.15. The number of hydrogen-bond donors (Lipinski definition) is 1. The molecule has 0 radical (unpaired) electrons. The van der Waals surface area contributed by atoms with Crippen molar-refractivity contribution in [2.45, 2.75) is 12.7 Å². The number of benzene rings is 1. The number of carbonyl (C=O) groups excluding carboxylic acids is 1. The normalized spacial score (nSPS) is 16.4. The van der Waals surface area contributed by atoms with Crippen LogP contribution in [0.25, 0.3) is 6.08 Å². The molecule has 1 aliphatic rings. The lowest BCUT2D eigenvalue weighted by molar-refractivity contribution is -0.116. The lowest BCUT2D eigenvalue weighted by Crippen LogP contribution is -2.43. The van der Waals surface area contributed by atoms with Crippen molar-refractivity contribution in [2.75, 3.05) is 32.8 Å². The van der Waals surface area contributed by atoms with Crippen LogP contribution in [-0.2, 0) is 9.53 Å². The number of para-hydroxylation sites is 1. The SMILES string of the molecule is O=C(/C=C/c1ccccc1OC(F)F)NCC(c1cccs1)N1CCOCC1. The minimum atomic E-state index is -2.91. The van der Waals surface area contributed by atoms with Gasteiger partial charge in [0.15, 0.2) is 0 Å². The first-order chi connectivity index (χ1) is 13.6. The molecular formula is C20H22F2N2O3S. The van der Waals surface area contributed by atoms with Crippen LogP contribution in [0.2, 0.25) is 0 Å². The summed E-state index contributed by atoms with van der Waals surface area (Å²) in [6.45, 7) is 0.522. The van der Waals surface area contributed by atoms with Gasteiger partial charge in [-0.1, -0.05) is 24.3 Å². The van der Waals surface area contributed by atoms with Crippen molar-refractivity contribution in [3.8, 4) is 5.75 Å². The van der Waals surface area contributed by atoms with Crippen molar-refractivity contribution in [3.05, 3.63) is 58.3 Å². The number of carbonyl (C=O) groups is 1. The first-order valence-electron chi connectivity index (χ1n) is 8.98. The van der Waals surface area contributed by atoms with Crippen molar-refractivity contribution in [1.82, 2.24) is 10.2 Å². The third-order valence-corrected chi connectivity index (χ3v) is 5.35. The van der Waals surface area contributed by atoms with Gasteiger partial charge in [0.2, 0.25) is 5.91 Å². The first-order valence-corrected chi connectivity index (χ1v) is 9.86. The number of hydrogen-bond acceptors (Lipinski definition) is 5. The zero-order valence-corrected chi connectivity index (χ0v) is 16.0. The van der Waals surface area contributed by atoms with Gasteiger partial charge < -0.3 is 14.8 Å². The van der Waals surface area contributed by atoms with E-state index in [1.165, 1.54) is 23.1 Å². The number of nitrogens with one attached hydrogen (secondary N) is 1. The fourth-order valence-electron chi connectivity index (χ4n) is 3.02. The zero-order chi connectivity index (χ0) is 19.8. The number of rotatable bonds is 8. The van der Waals surface area contributed by atoms with E-state index in [0.29, 0.717) is 25.3 Å². The van der Waals surface area contributed by atoms with Crippen molar-refractivity contribution in [2.24, 2.45) is 0 Å². The van der Waals surface area contributed by atoms with Crippen molar-refractivity contribution >= 4 is 23.3 Å². The molecule has 28 heavy (non-hydrogen) atoms. The van der Waals surface area contributed by atoms with Crippen LogP contribution in [0.4, 0.5) is 8.78 Å². The van der Waals surface area contributed by atoms with E-state index in [4.69, 9.17) is 4.74 Å². The summed E-state index contributed by atoms with van der Waals surface area (Å²) in [6.07, 6.45) is 2.81. The Morgan fingerprint density at radius 2 is 2.04 bits per heavy atom. The summed E-state index contributed by atoms with van der Waals surface area (Å²) >= 11 is 1.65. The van der Waals surface area contributed by atoms with Crippen LogP contribution in [0.15, 0.2) is 47.9 Å². The molecule has 8 heteroatoms. The predicted molar refractivity (Wildman–Crippen MR) is 105 cm³/mol. The van der Waals surface area contributed by atoms with E-state index in [-0.39, 0.29) is 17.7 Å². The molecule has 0 bridgehead atoms. The molecule has 1 saturated heterocycles. The summed E-state index contributed by atoms with van der Waals surface area (Å²) in [7, 11) is 0. The van der Waals surface area contributed by atoms with E-state index in [0.717, 1.165) is 13.1 Å². The van der Waals surface area contributed by atoms with Crippen LogP contribution >= 0.6 is 11.3 Å². The third-order valence-electron chi connectivity index (χ3n) is 4.38. The Balaban J connectivity index is 1.61. The van der Waals surface area contributed by atoms with Crippen molar-refractivity contribution in [3.63, 3.8) is 0 Å². The molecular weight excluding hydrogens is 386 g/mol. The van der Waals surface area contributed by atoms with Crippen LogP contribution in [0, 0.1) is 0 Å². The molecule has 0 saturated carbocycles. The highest BCUT2D eigenvalue weighted by Crippen LogP contribution is 2.25. The van der Waals surface area contributed by atoms with E-state index in [9.17, 15) is 13.6 Å². The van der Waals surface area contributed by atoms with Gasteiger partial charge in [-0.25, -0.2) is 0 Å². The molecule has 0 spiro atoms. The minimum Gasteiger partial charge on any atom is -0.434 e. The molecule has 1 unspecified atom stereocenters. The summed E-state index contributed by atoms with van der Waals surface area (Å²) in [4.78, 5) is 15.8. The van der Waals surface area contributed by atoms with Crippen molar-refractivity contribution in [1.29, 1.82) is 0 Å². The van der Waals surface area contributed by atoms with Gasteiger partial charge in [0.25, 0.3) is 0 Å². The maximum atomic E-state index is 12.5. The average Bonchev–Trinajstić information content (AvgIpc) is 3.22. The van der Waals surface area contributed by atoms with Gasteiger partial charge >= 0.3 is 6.61 Å². The summed E-state index contributed by atoms with van der Waals surface area (Å²) in [5.41, 5.74) is 0.418. The monoisotopic (exact) mass is 408 g/mol. The number of nitrogens with zero attached hydrogens (tertiary/aromatic N) is 1. The van der Waals surface area contributed by atoms with Crippen molar-refractivity contribution < 1.29 is 23.0 Å². The standard InChI is InChI=1S/C20H22F2N2O3S/c21-20(22)27-17-5-2-1-4-15(17)7-8-19(25)23-14-16(18-6-3-13-28-18)24-9-11-26-12-10-24/h1-8,13,16,20H,9-12,14H2,(H,23,25)/b8-7+. The van der Waals surface area contributed by atoms with Gasteiger partial charge in [-0.2, -0.15) is 8.78 Å². The number of halogens is 2. The Hall–Kier alpha value is -2.29. The van der Waals surface area contributed by atoms with E-state index in [1.54, 1.807) is 29.5 Å². The van der Waals surface area contributed by atoms with Crippen LogP contribution in [0.3, 0.4) is 0 Å². The topological polar surface area (TPSA) is 50.8 Å². The molecule has 2 aromatic rings. The second-order valence-electron chi connectivity index (χ2n) is 6.17. The third kappa shape index (κ3) is 5.85. The Bertz CT molecular complexity index is 778. The molecule has 1 fully saturated rings. The Labute approximate surface area is 166 Å². The number of ether oxygens (including phenoxy) is 2. The molecule has 1 amide bonds. The lowest BCUT2D eigenvalue weighted by Gasteiger charge is -2.34. The fourth-order valence-corrected chi connectivity index (χ4v) is 3.88. The Morgan fingerprint density at radius 1 is 1.25 bits per heavy atom. The maximum Gasteiger partial charge on any atom is 0.387 e. The second kappa shape index (κ2) is 10.3. The first kappa shape index (κ1) is 20.4. The quantitative estimate of drug-likeness (QED) is 0.679. The summed E-state index contributed by atoms with van der Waals surface area (Å²) in [5, 5.41) is 4.93. The molecule has 0 aliphatic carbocycles. The fraction of sp³-hybridized carbons (Fsp3) is 0.350. The highest BCUT2D eigenvalue weighted by Gasteiger charge is 2.23. The molecule has 1 aromatic carbocycles. The molecule has 1 atom stereocenters. The van der Waals surface area contributed by atoms with Gasteiger partial charge in [-0.15, -0.1) is 11.3 Å². The lowest BCUT2D eigenvalue weighted by atomic mass is 10.1. The average molecular weight is 408 g/mol. The Kier molecular flexibility index (Phi) is 7.53. The molecule has 1 aromatic heterocycles. The van der Waals surface area contributed by atoms with Gasteiger partial charge in [0.1, 0.15) is 5.75 Å². The molecule has 1 N–H and O–H groups in total. The Morgan fingerprint density at radius 3 is 2.75 bits per heavy atom. The van der Waals surface area contributed by atoms with E-state index in [1.807, 2.05) is 11.4 Å². The van der Waals surface area contributed by atoms with Crippen LogP contribution < -0.4 is 10.1 Å². The smallest absolute Gasteiger partial charge is 0.387 e. The minimum absolute atomic E-state index is 0.0336. The van der Waals surface area contributed by atoms with Crippen LogP contribution in [0.5, 0.6) is 5.75 Å². The number of thiophene rings is 1. The van der Waals surface area contributed by atoms with E-state index >= 15 is 0 Å². The summed E-state index contributed by atoms with van der Waals surface area (Å²) in [6, 6.07) is 10.5. The van der Waals surface area contributed by atoms with Gasteiger partial charge in [-0.05, 0) is 23.6 Å². The van der Waals surface area contributed by atoms with Crippen LogP contribution in [0.1, 0.15) is 16.5 Å². The van der Waals surface area contributed by atoms with Gasteiger partial charge in [0, 0.05) is 36.2 Å². The highest BCUT2D eigenvalue weighted by molar-refractivity contribution is 7.10. The van der Waals surface area contributed by atoms with Crippen LogP contribution in [-0.4, -0.2) is 50.3 Å². The van der Waals surface area contributed by atoms with Gasteiger partial charge in [0.05, 0.1) is 19.3 Å². The predicted octanol–water partition coefficient (Wildman–Crippen LogP) is 3.55. The summed E-state index contributed by atoms with van der Waals surface area (Å²) in [5.74, 6) is -0.256. The number of amides is 1. The molecule has 1 aliphatic heterocycles. The molecule has 5 nitrogen and oxygen atoms in total. The highest BCUT2D eigenvalue weighted by atomic mass is 32.1. The molecule has 2 heterocycles. The van der Waals surface area contributed by atoms with Gasteiger partial charge in [-0.3, -0.25) is 9.69 Å². The zero-order valence-electron chi connectivity index (χ0n) is 15.2.